The number of nitrogens with zero attached hydrogens (tertiary/aromatic N) is 2. The lowest BCUT2D eigenvalue weighted by Gasteiger charge is -2.17. The molecule has 1 amide bonds. The van der Waals surface area contributed by atoms with Crippen LogP contribution in [0.15, 0.2) is 54.7 Å². The van der Waals surface area contributed by atoms with Crippen molar-refractivity contribution >= 4 is 16.8 Å². The molecule has 0 bridgehead atoms. The van der Waals surface area contributed by atoms with Gasteiger partial charge in [-0.1, -0.05) is 18.2 Å². The van der Waals surface area contributed by atoms with Gasteiger partial charge in [0.05, 0.1) is 0 Å². The van der Waals surface area contributed by atoms with Gasteiger partial charge in [0.25, 0.3) is 5.91 Å². The standard InChI is InChI=1S/C21H22N2O2/c1-22-11-10-18-19(3-2-4-20(18)22)21(25)23-12-9-16(14-23)13-15-5-7-17(24)8-6-15/h2-8,10-11,16,24H,9,12-14H2,1H3. The zero-order chi connectivity index (χ0) is 17.4. The molecule has 1 saturated heterocycles. The lowest BCUT2D eigenvalue weighted by atomic mass is 9.99. The Balaban J connectivity index is 1.49. The SMILES string of the molecule is Cn1ccc2c(C(=O)N3CCC(Cc4ccc(O)cc4)C3)cccc21. The highest BCUT2D eigenvalue weighted by Crippen LogP contribution is 2.26. The Hall–Kier alpha value is -2.75. The minimum absolute atomic E-state index is 0.130. The molecule has 0 radical (unpaired) electrons. The maximum Gasteiger partial charge on any atom is 0.254 e. The van der Waals surface area contributed by atoms with Crippen LogP contribution in [0.5, 0.6) is 5.75 Å². The number of amides is 1. The first-order valence-corrected chi connectivity index (χ1v) is 8.73. The molecule has 1 unspecified atom stereocenters. The van der Waals surface area contributed by atoms with Crippen molar-refractivity contribution in [3.05, 3.63) is 65.9 Å². The number of benzene rings is 2. The van der Waals surface area contributed by atoms with Gasteiger partial charge in [0.2, 0.25) is 0 Å². The van der Waals surface area contributed by atoms with Crippen LogP contribution in [0, 0.1) is 5.92 Å². The summed E-state index contributed by atoms with van der Waals surface area (Å²) in [5, 5.41) is 10.4. The van der Waals surface area contributed by atoms with Crippen LogP contribution < -0.4 is 0 Å². The summed E-state index contributed by atoms with van der Waals surface area (Å²) in [4.78, 5) is 15.0. The molecule has 1 fully saturated rings. The molecule has 2 heterocycles. The third-order valence-electron chi connectivity index (χ3n) is 5.19. The van der Waals surface area contributed by atoms with Crippen LogP contribution in [0.25, 0.3) is 10.9 Å². The second-order valence-corrected chi connectivity index (χ2v) is 6.94. The Morgan fingerprint density at radius 3 is 2.76 bits per heavy atom. The van der Waals surface area contributed by atoms with E-state index < -0.39 is 0 Å². The van der Waals surface area contributed by atoms with E-state index in [-0.39, 0.29) is 5.91 Å². The molecule has 2 aromatic carbocycles. The number of rotatable bonds is 3. The van der Waals surface area contributed by atoms with Crippen molar-refractivity contribution in [3.8, 4) is 5.75 Å². The van der Waals surface area contributed by atoms with E-state index in [1.54, 1.807) is 12.1 Å². The zero-order valence-electron chi connectivity index (χ0n) is 14.4. The fourth-order valence-electron chi connectivity index (χ4n) is 3.81. The van der Waals surface area contributed by atoms with Crippen LogP contribution >= 0.6 is 0 Å². The van der Waals surface area contributed by atoms with Crippen molar-refractivity contribution in [2.75, 3.05) is 13.1 Å². The van der Waals surface area contributed by atoms with E-state index in [1.165, 1.54) is 5.56 Å². The molecule has 4 rings (SSSR count). The van der Waals surface area contributed by atoms with Crippen molar-refractivity contribution in [1.29, 1.82) is 0 Å². The molecule has 3 aromatic rings. The number of aromatic hydroxyl groups is 1. The van der Waals surface area contributed by atoms with Gasteiger partial charge < -0.3 is 14.6 Å². The number of phenols is 1. The van der Waals surface area contributed by atoms with E-state index in [9.17, 15) is 9.90 Å². The Kier molecular flexibility index (Phi) is 3.96. The number of phenolic OH excluding ortho intramolecular Hbond substituents is 1. The first-order chi connectivity index (χ1) is 12.1. The van der Waals surface area contributed by atoms with E-state index in [0.29, 0.717) is 11.7 Å². The molecule has 0 aliphatic carbocycles. The Morgan fingerprint density at radius 2 is 1.96 bits per heavy atom. The third kappa shape index (κ3) is 3.00. The van der Waals surface area contributed by atoms with Gasteiger partial charge in [-0.3, -0.25) is 4.79 Å². The number of carbonyl (C=O) groups excluding carboxylic acids is 1. The summed E-state index contributed by atoms with van der Waals surface area (Å²) in [5.41, 5.74) is 3.09. The van der Waals surface area contributed by atoms with Gasteiger partial charge >= 0.3 is 0 Å². The predicted octanol–water partition coefficient (Wildman–Crippen LogP) is 3.59. The fourth-order valence-corrected chi connectivity index (χ4v) is 3.81. The number of aryl methyl sites for hydroxylation is 1. The van der Waals surface area contributed by atoms with E-state index in [4.69, 9.17) is 0 Å². The molecular formula is C21H22N2O2. The number of hydrogen-bond donors (Lipinski definition) is 1. The predicted molar refractivity (Wildman–Crippen MR) is 98.7 cm³/mol. The number of carbonyl (C=O) groups is 1. The summed E-state index contributed by atoms with van der Waals surface area (Å²) >= 11 is 0. The molecule has 25 heavy (non-hydrogen) atoms. The lowest BCUT2D eigenvalue weighted by Crippen LogP contribution is -2.29. The van der Waals surface area contributed by atoms with Crippen molar-refractivity contribution < 1.29 is 9.90 Å². The van der Waals surface area contributed by atoms with Gasteiger partial charge in [-0.15, -0.1) is 0 Å². The Labute approximate surface area is 147 Å². The third-order valence-corrected chi connectivity index (χ3v) is 5.19. The van der Waals surface area contributed by atoms with Crippen molar-refractivity contribution in [1.82, 2.24) is 9.47 Å². The van der Waals surface area contributed by atoms with Gasteiger partial charge in [-0.2, -0.15) is 0 Å². The van der Waals surface area contributed by atoms with Crippen LogP contribution in [0.4, 0.5) is 0 Å². The van der Waals surface area contributed by atoms with Gasteiger partial charge in [0.15, 0.2) is 0 Å². The summed E-state index contributed by atoms with van der Waals surface area (Å²) in [5.74, 6) is 0.899. The minimum Gasteiger partial charge on any atom is -0.508 e. The molecule has 1 N–H and O–H groups in total. The number of aromatic nitrogens is 1. The van der Waals surface area contributed by atoms with Gasteiger partial charge in [0, 0.05) is 42.8 Å². The summed E-state index contributed by atoms with van der Waals surface area (Å²) in [6, 6.07) is 15.3. The number of hydrogen-bond acceptors (Lipinski definition) is 2. The monoisotopic (exact) mass is 334 g/mol. The molecular weight excluding hydrogens is 312 g/mol. The highest BCUT2D eigenvalue weighted by Gasteiger charge is 2.28. The molecule has 4 nitrogen and oxygen atoms in total. The highest BCUT2D eigenvalue weighted by atomic mass is 16.3. The maximum atomic E-state index is 13.0. The normalized spacial score (nSPS) is 17.3. The first-order valence-electron chi connectivity index (χ1n) is 8.73. The topological polar surface area (TPSA) is 45.5 Å². The highest BCUT2D eigenvalue weighted by molar-refractivity contribution is 6.06. The number of likely N-dealkylation sites (tertiary alicyclic amines) is 1. The van der Waals surface area contributed by atoms with E-state index in [0.717, 1.165) is 42.4 Å². The van der Waals surface area contributed by atoms with Crippen LogP contribution in [0.3, 0.4) is 0 Å². The molecule has 1 aliphatic rings. The minimum atomic E-state index is 0.130. The van der Waals surface area contributed by atoms with Gasteiger partial charge in [-0.05, 0) is 54.7 Å². The van der Waals surface area contributed by atoms with E-state index in [1.807, 2.05) is 59.1 Å². The van der Waals surface area contributed by atoms with Crippen LogP contribution in [-0.4, -0.2) is 33.6 Å². The summed E-state index contributed by atoms with van der Waals surface area (Å²) in [6.45, 7) is 1.60. The van der Waals surface area contributed by atoms with Gasteiger partial charge in [-0.25, -0.2) is 0 Å². The van der Waals surface area contributed by atoms with E-state index in [2.05, 4.69) is 0 Å². The molecule has 0 spiro atoms. The quantitative estimate of drug-likeness (QED) is 0.795. The summed E-state index contributed by atoms with van der Waals surface area (Å²) in [7, 11) is 2.00. The Bertz CT molecular complexity index is 911. The molecule has 1 atom stereocenters. The fraction of sp³-hybridized carbons (Fsp3) is 0.286. The maximum absolute atomic E-state index is 13.0. The molecule has 4 heteroatoms. The number of fused-ring (bicyclic) bond motifs is 1. The van der Waals surface area contributed by atoms with Crippen LogP contribution in [0.2, 0.25) is 0 Å². The second kappa shape index (κ2) is 6.28. The average molecular weight is 334 g/mol. The summed E-state index contributed by atoms with van der Waals surface area (Å²) in [6.07, 6.45) is 3.97. The van der Waals surface area contributed by atoms with Crippen LogP contribution in [-0.2, 0) is 13.5 Å². The Morgan fingerprint density at radius 1 is 1.16 bits per heavy atom. The summed E-state index contributed by atoms with van der Waals surface area (Å²) < 4.78 is 2.05. The lowest BCUT2D eigenvalue weighted by molar-refractivity contribution is 0.0789. The average Bonchev–Trinajstić information content (AvgIpc) is 3.24. The van der Waals surface area contributed by atoms with Crippen LogP contribution in [0.1, 0.15) is 22.3 Å². The second-order valence-electron chi connectivity index (χ2n) is 6.94. The van der Waals surface area contributed by atoms with E-state index >= 15 is 0 Å². The van der Waals surface area contributed by atoms with Crippen molar-refractivity contribution in [2.45, 2.75) is 12.8 Å². The van der Waals surface area contributed by atoms with Gasteiger partial charge in [0.1, 0.15) is 5.75 Å². The molecule has 1 aromatic heterocycles. The molecule has 128 valence electrons. The molecule has 1 aliphatic heterocycles. The first kappa shape index (κ1) is 15.8. The molecule has 0 saturated carbocycles. The van der Waals surface area contributed by atoms with Crippen molar-refractivity contribution in [3.63, 3.8) is 0 Å². The largest absolute Gasteiger partial charge is 0.508 e. The zero-order valence-corrected chi connectivity index (χ0v) is 14.4. The van der Waals surface area contributed by atoms with Crippen molar-refractivity contribution in [2.24, 2.45) is 13.0 Å². The smallest absolute Gasteiger partial charge is 0.254 e.